The van der Waals surface area contributed by atoms with Gasteiger partial charge in [-0.25, -0.2) is 19.9 Å². The largest absolute Gasteiger partial charge is 2.00 e. The van der Waals surface area contributed by atoms with Gasteiger partial charge in [-0.15, -0.1) is 29.1 Å². The van der Waals surface area contributed by atoms with Gasteiger partial charge in [0.15, 0.2) is 0 Å². The van der Waals surface area contributed by atoms with E-state index < -0.39 is 76.7 Å². The van der Waals surface area contributed by atoms with Crippen LogP contribution in [0, 0.1) is 12.1 Å². The maximum atomic E-state index is 9.24. The summed E-state index contributed by atoms with van der Waals surface area (Å²) in [6, 6.07) is 57.7. The van der Waals surface area contributed by atoms with E-state index in [9.17, 15) is 5.48 Å². The van der Waals surface area contributed by atoms with Gasteiger partial charge in [-0.1, -0.05) is 207 Å². The van der Waals surface area contributed by atoms with E-state index in [1.165, 1.54) is 0 Å². The van der Waals surface area contributed by atoms with Crippen molar-refractivity contribution in [3.05, 3.63) is 271 Å². The maximum Gasteiger partial charge on any atom is 2.00 e. The van der Waals surface area contributed by atoms with Crippen molar-refractivity contribution in [3.8, 4) is 51.0 Å². The number of para-hydroxylation sites is 4. The van der Waals surface area contributed by atoms with Crippen molar-refractivity contribution < 1.29 is 39.5 Å². The molecule has 0 amide bonds. The Morgan fingerprint density at radius 3 is 1.67 bits per heavy atom. The van der Waals surface area contributed by atoms with E-state index >= 15 is 0 Å². The van der Waals surface area contributed by atoms with Gasteiger partial charge in [0.05, 0.1) is 24.8 Å². The number of rotatable bonds is 12. The maximum absolute atomic E-state index is 9.24. The molecule has 8 nitrogen and oxygen atoms in total. The summed E-state index contributed by atoms with van der Waals surface area (Å²) in [6.07, 6.45) is 1.75. The molecule has 0 N–H and O–H groups in total. The van der Waals surface area contributed by atoms with Gasteiger partial charge in [-0.2, -0.15) is 0 Å². The summed E-state index contributed by atoms with van der Waals surface area (Å²) in [7, 11) is 0. The Bertz CT molecular complexity index is 4850. The molecule has 1 aliphatic rings. The average Bonchev–Trinajstić information content (AvgIpc) is 1.45. The van der Waals surface area contributed by atoms with Crippen LogP contribution in [0.4, 0.5) is 22.7 Å². The number of benzene rings is 9. The van der Waals surface area contributed by atoms with E-state index in [-0.39, 0.29) is 60.5 Å². The van der Waals surface area contributed by atoms with Gasteiger partial charge >= 0.3 is 27.1 Å². The summed E-state index contributed by atoms with van der Waals surface area (Å²) in [5.41, 5.74) is 4.52. The molecular weight excluding hydrogens is 1190 g/mol. The molecule has 0 fully saturated rings. The molecule has 3 aromatic heterocycles. The van der Waals surface area contributed by atoms with E-state index in [0.717, 1.165) is 33.0 Å². The van der Waals surface area contributed by atoms with Crippen LogP contribution in [0.15, 0.2) is 230 Å². The first-order chi connectivity index (χ1) is 43.4. The van der Waals surface area contributed by atoms with Crippen LogP contribution < -0.4 is 13.9 Å². The molecule has 82 heavy (non-hydrogen) atoms. The minimum Gasteiger partial charge on any atom is -0.508 e. The fraction of sp³-hybridized carbons (Fsp3) is 0.137. The van der Waals surface area contributed by atoms with Gasteiger partial charge in [-0.05, 0) is 101 Å². The molecule has 0 bridgehead atoms. The van der Waals surface area contributed by atoms with E-state index in [0.29, 0.717) is 51.4 Å². The smallest absolute Gasteiger partial charge is 0.508 e. The van der Waals surface area contributed by atoms with Crippen LogP contribution in [0.5, 0.6) is 11.5 Å². The molecule has 9 aromatic carbocycles. The Hall–Kier alpha value is -9.19. The number of ether oxygens (including phenoxy) is 1. The topological polar surface area (TPSA) is 71.7 Å². The second-order valence-electron chi connectivity index (χ2n) is 22.0. The van der Waals surface area contributed by atoms with Gasteiger partial charge in [0, 0.05) is 46.2 Å². The molecule has 1 aliphatic heterocycles. The van der Waals surface area contributed by atoms with Crippen LogP contribution in [0.3, 0.4) is 0 Å². The Labute approximate surface area is 507 Å². The number of aromatic nitrogens is 5. The number of hydrogen-bond donors (Lipinski definition) is 0. The average molecular weight is 1260 g/mol. The van der Waals surface area contributed by atoms with Crippen molar-refractivity contribution in [1.82, 2.24) is 33.7 Å². The predicted molar refractivity (Wildman–Crippen MR) is 329 cm³/mol. The minimum absolute atomic E-state index is 0. The SMILES string of the molecule is [2H]c1c([2H])c([2H])c(-c2cccc(-c3c([2H])c([2H])c([2H])c([2H])c3[2H])c2[N+]2=C=[N+](c3[c-]c(Oc4[c-]c5c(cc4-c4nc(C(C)(C)c6ccccc6)nc(C(C)(C)c6ccccc6)n4)c4ccccc4n5-c4ccccn4)cc(C(C)(C)C)c3)c3ccccc32)c([2H])c1[2H].[Pt+2]. The molecule has 12 aromatic rings. The molecule has 0 saturated carbocycles. The summed E-state index contributed by atoms with van der Waals surface area (Å²) >= 11 is 0. The fourth-order valence-corrected chi connectivity index (χ4v) is 10.5. The molecule has 0 atom stereocenters. The Morgan fingerprint density at radius 1 is 0.524 bits per heavy atom. The van der Waals surface area contributed by atoms with Crippen molar-refractivity contribution in [3.63, 3.8) is 0 Å². The zero-order valence-electron chi connectivity index (χ0n) is 56.0. The zero-order chi connectivity index (χ0) is 64.2. The summed E-state index contributed by atoms with van der Waals surface area (Å²) in [4.78, 5) is 21.1. The fourth-order valence-electron chi connectivity index (χ4n) is 10.5. The zero-order valence-corrected chi connectivity index (χ0v) is 48.3. The van der Waals surface area contributed by atoms with Gasteiger partial charge in [0.1, 0.15) is 29.0 Å². The van der Waals surface area contributed by atoms with Crippen LogP contribution in [-0.2, 0) is 37.3 Å². The van der Waals surface area contributed by atoms with Crippen LogP contribution in [-0.4, -0.2) is 30.5 Å². The van der Waals surface area contributed by atoms with Crippen molar-refractivity contribution in [1.29, 1.82) is 0 Å². The normalized spacial score (nSPS) is 14.1. The number of pyridine rings is 1. The van der Waals surface area contributed by atoms with E-state index in [2.05, 4.69) is 114 Å². The van der Waals surface area contributed by atoms with Crippen molar-refractivity contribution in [2.45, 2.75) is 64.7 Å². The molecule has 0 aliphatic carbocycles. The minimum atomic E-state index is -0.717. The second-order valence-corrected chi connectivity index (χ2v) is 22.0. The Balaban J connectivity index is 0.00000816. The molecule has 0 radical (unpaired) electrons. The summed E-state index contributed by atoms with van der Waals surface area (Å²) in [5, 5.41) is 1.78. The molecule has 0 spiro atoms. The Kier molecular flexibility index (Phi) is 11.1. The number of nitrogens with zero attached hydrogens (tertiary/aromatic N) is 7. The predicted octanol–water partition coefficient (Wildman–Crippen LogP) is 17.6. The van der Waals surface area contributed by atoms with Crippen LogP contribution >= 0.6 is 0 Å². The van der Waals surface area contributed by atoms with Gasteiger partial charge in [-0.3, -0.25) is 0 Å². The second kappa shape index (κ2) is 21.4. The van der Waals surface area contributed by atoms with Gasteiger partial charge in [0.25, 0.3) is 11.4 Å². The third kappa shape index (κ3) is 9.68. The van der Waals surface area contributed by atoms with Crippen molar-refractivity contribution in [2.75, 3.05) is 0 Å². The molecular formula is C73H59N7OPt+2. The molecule has 4 heterocycles. The first kappa shape index (κ1) is 42.7. The first-order valence-electron chi connectivity index (χ1n) is 31.7. The van der Waals surface area contributed by atoms with Crippen molar-refractivity contribution in [2.24, 2.45) is 0 Å². The third-order valence-corrected chi connectivity index (χ3v) is 15.1. The van der Waals surface area contributed by atoms with Crippen LogP contribution in [0.2, 0.25) is 0 Å². The summed E-state index contributed by atoms with van der Waals surface area (Å²) < 4.78 is 102. The molecule has 0 unspecified atom stereocenters. The molecule has 9 heteroatoms. The Morgan fingerprint density at radius 2 is 1.09 bits per heavy atom. The van der Waals surface area contributed by atoms with E-state index in [1.54, 1.807) is 33.5 Å². The van der Waals surface area contributed by atoms with Crippen LogP contribution in [0.25, 0.3) is 61.3 Å². The quantitative estimate of drug-likeness (QED) is 0.0900. The van der Waals surface area contributed by atoms with E-state index in [1.807, 2.05) is 103 Å². The molecule has 400 valence electrons. The van der Waals surface area contributed by atoms with E-state index in [4.69, 9.17) is 32.9 Å². The molecule has 13 rings (SSSR count). The number of hydrogen-bond acceptors (Lipinski definition) is 5. The van der Waals surface area contributed by atoms with Gasteiger partial charge < -0.3 is 9.30 Å². The standard InChI is InChI=1S/C73H59N7O.Pt/c1-71(2,3)53-43-54(78-48-79(63-40-23-22-39-62(63)78)67-56(49-27-12-8-13-28-49)36-26-37-57(67)50-29-14-9-15-30-50)45-55(44-53)81-65-47-64-59(58-35-20-21-38-61(58)80(64)66-41-24-25-42-74-66)46-60(65)68-75-69(72(4,5)51-31-16-10-17-32-51)77-70(76-68)73(6,7)52-33-18-11-19-34-52;/h8-44,46H,1-7H3;/q;+2/i8D,9D,12D,13D,14D,15D,27D,28D,29D,30D;. The van der Waals surface area contributed by atoms with Crippen molar-refractivity contribution >= 4 is 50.6 Å². The molecule has 0 saturated heterocycles. The summed E-state index contributed by atoms with van der Waals surface area (Å²) in [6.45, 7) is 14.7. The number of fused-ring (bicyclic) bond motifs is 4. The van der Waals surface area contributed by atoms with Gasteiger partial charge in [0.2, 0.25) is 5.69 Å². The third-order valence-electron chi connectivity index (χ3n) is 15.1. The summed E-state index contributed by atoms with van der Waals surface area (Å²) in [5.74, 6) is 2.64. The van der Waals surface area contributed by atoms with Crippen LogP contribution in [0.1, 0.15) is 90.5 Å². The first-order valence-corrected chi connectivity index (χ1v) is 26.7. The monoisotopic (exact) mass is 1250 g/mol.